The number of carboxylic acid groups (broad SMARTS) is 1. The lowest BCUT2D eigenvalue weighted by atomic mass is 10.1. The smallest absolute Gasteiger partial charge is 0.341 e. The highest BCUT2D eigenvalue weighted by molar-refractivity contribution is 14.1. The fourth-order valence-electron chi connectivity index (χ4n) is 2.15. The summed E-state index contributed by atoms with van der Waals surface area (Å²) in [7, 11) is 0. The molecule has 132 valence electrons. The number of aryl methyl sites for hydroxylation is 2. The summed E-state index contributed by atoms with van der Waals surface area (Å²) < 4.78 is 11.7. The van der Waals surface area contributed by atoms with Crippen molar-refractivity contribution in [2.45, 2.75) is 20.8 Å². The Morgan fingerprint density at radius 3 is 2.60 bits per heavy atom. The van der Waals surface area contributed by atoms with Crippen LogP contribution in [0.5, 0.6) is 11.5 Å². The summed E-state index contributed by atoms with van der Waals surface area (Å²) in [5.74, 6) is -0.0796. The number of rotatable bonds is 7. The number of carbonyl (C=O) groups is 1. The van der Waals surface area contributed by atoms with Crippen LogP contribution in [0.2, 0.25) is 0 Å². The van der Waals surface area contributed by atoms with Gasteiger partial charge in [-0.1, -0.05) is 6.07 Å². The second-order valence-electron chi connectivity index (χ2n) is 5.47. The molecule has 0 saturated carbocycles. The summed E-state index contributed by atoms with van der Waals surface area (Å²) in [6.45, 7) is 6.03. The topological polar surface area (TPSA) is 68.1 Å². The zero-order valence-electron chi connectivity index (χ0n) is 14.4. The Morgan fingerprint density at radius 2 is 1.96 bits per heavy atom. The van der Waals surface area contributed by atoms with Gasteiger partial charge in [0.05, 0.1) is 15.9 Å². The molecule has 5 nitrogen and oxygen atoms in total. The van der Waals surface area contributed by atoms with Gasteiger partial charge in [0.25, 0.3) is 0 Å². The third kappa shape index (κ3) is 5.45. The fourth-order valence-corrected chi connectivity index (χ4v) is 2.94. The summed E-state index contributed by atoms with van der Waals surface area (Å²) in [6.07, 6.45) is 1.76. The molecular formula is C19H20INO4. The molecule has 0 saturated heterocycles. The monoisotopic (exact) mass is 453 g/mol. The maximum atomic E-state index is 10.7. The first-order valence-electron chi connectivity index (χ1n) is 7.83. The minimum absolute atomic E-state index is 0.411. The van der Waals surface area contributed by atoms with Gasteiger partial charge in [0, 0.05) is 6.21 Å². The lowest BCUT2D eigenvalue weighted by molar-refractivity contribution is -0.139. The Balaban J connectivity index is 2.30. The summed E-state index contributed by atoms with van der Waals surface area (Å²) >= 11 is 2.10. The van der Waals surface area contributed by atoms with Crippen molar-refractivity contribution in [3.8, 4) is 11.5 Å². The summed E-state index contributed by atoms with van der Waals surface area (Å²) in [5.41, 5.74) is 4.15. The second kappa shape index (κ2) is 8.84. The number of ether oxygens (including phenoxy) is 2. The van der Waals surface area contributed by atoms with E-state index in [0.717, 1.165) is 14.8 Å². The Labute approximate surface area is 160 Å². The molecule has 0 unspecified atom stereocenters. The van der Waals surface area contributed by atoms with Crippen LogP contribution in [0.25, 0.3) is 0 Å². The van der Waals surface area contributed by atoms with E-state index >= 15 is 0 Å². The molecule has 2 rings (SSSR count). The van der Waals surface area contributed by atoms with Gasteiger partial charge in [-0.2, -0.15) is 0 Å². The third-order valence-electron chi connectivity index (χ3n) is 3.52. The second-order valence-corrected chi connectivity index (χ2v) is 6.63. The molecule has 0 heterocycles. The van der Waals surface area contributed by atoms with E-state index in [1.54, 1.807) is 12.3 Å². The van der Waals surface area contributed by atoms with Crippen molar-refractivity contribution < 1.29 is 19.4 Å². The van der Waals surface area contributed by atoms with E-state index in [9.17, 15) is 4.79 Å². The summed E-state index contributed by atoms with van der Waals surface area (Å²) in [5, 5.41) is 8.80. The van der Waals surface area contributed by atoms with Gasteiger partial charge in [0.2, 0.25) is 0 Å². The van der Waals surface area contributed by atoms with Gasteiger partial charge in [-0.05, 0) is 84.3 Å². The van der Waals surface area contributed by atoms with Gasteiger partial charge in [-0.3, -0.25) is 4.99 Å². The maximum Gasteiger partial charge on any atom is 0.341 e. The van der Waals surface area contributed by atoms with Gasteiger partial charge < -0.3 is 14.6 Å². The molecule has 0 aliphatic rings. The van der Waals surface area contributed by atoms with E-state index in [4.69, 9.17) is 14.6 Å². The Kier molecular flexibility index (Phi) is 6.81. The minimum Gasteiger partial charge on any atom is -0.490 e. The van der Waals surface area contributed by atoms with Crippen LogP contribution in [0.4, 0.5) is 5.69 Å². The van der Waals surface area contributed by atoms with Gasteiger partial charge >= 0.3 is 5.97 Å². The average Bonchev–Trinajstić information content (AvgIpc) is 2.55. The van der Waals surface area contributed by atoms with Crippen LogP contribution in [0.1, 0.15) is 23.6 Å². The van der Waals surface area contributed by atoms with Gasteiger partial charge in [-0.15, -0.1) is 0 Å². The molecule has 25 heavy (non-hydrogen) atoms. The predicted molar refractivity (Wildman–Crippen MR) is 107 cm³/mol. The van der Waals surface area contributed by atoms with Crippen molar-refractivity contribution in [1.29, 1.82) is 0 Å². The van der Waals surface area contributed by atoms with Crippen molar-refractivity contribution in [2.75, 3.05) is 13.2 Å². The first kappa shape index (κ1) is 19.2. The maximum absolute atomic E-state index is 10.7. The van der Waals surface area contributed by atoms with Gasteiger partial charge in [0.1, 0.15) is 0 Å². The van der Waals surface area contributed by atoms with E-state index in [1.165, 1.54) is 11.1 Å². The molecule has 0 radical (unpaired) electrons. The number of carboxylic acids is 1. The average molecular weight is 453 g/mol. The zero-order valence-corrected chi connectivity index (χ0v) is 16.5. The third-order valence-corrected chi connectivity index (χ3v) is 4.33. The molecule has 0 bridgehead atoms. The van der Waals surface area contributed by atoms with E-state index in [2.05, 4.69) is 41.4 Å². The highest BCUT2D eigenvalue weighted by Gasteiger charge is 2.13. The number of aliphatic imine (C=N–C) groups is 1. The fraction of sp³-hybridized carbons (Fsp3) is 0.263. The number of nitrogens with zero attached hydrogens (tertiary/aromatic N) is 1. The van der Waals surface area contributed by atoms with Crippen LogP contribution in [0.3, 0.4) is 0 Å². The number of hydrogen-bond donors (Lipinski definition) is 1. The van der Waals surface area contributed by atoms with Crippen LogP contribution in [0, 0.1) is 17.4 Å². The van der Waals surface area contributed by atoms with Crippen molar-refractivity contribution >= 4 is 40.5 Å². The van der Waals surface area contributed by atoms with Crippen LogP contribution >= 0.6 is 22.6 Å². The lowest BCUT2D eigenvalue weighted by Crippen LogP contribution is -2.11. The molecule has 0 aromatic heterocycles. The van der Waals surface area contributed by atoms with Crippen LogP contribution in [0.15, 0.2) is 35.3 Å². The SMILES string of the molecule is CCOc1cc(C=Nc2ccc(C)c(C)c2)cc(I)c1OCC(=O)O. The molecule has 1 N–H and O–H groups in total. The Bertz CT molecular complexity index is 802. The highest BCUT2D eigenvalue weighted by Crippen LogP contribution is 2.34. The molecular weight excluding hydrogens is 433 g/mol. The lowest BCUT2D eigenvalue weighted by Gasteiger charge is -2.13. The molecule has 0 atom stereocenters. The molecule has 2 aromatic rings. The quantitative estimate of drug-likeness (QED) is 0.495. The van der Waals surface area contributed by atoms with Crippen molar-refractivity contribution in [3.63, 3.8) is 0 Å². The van der Waals surface area contributed by atoms with Gasteiger partial charge in [0.15, 0.2) is 18.1 Å². The molecule has 0 aliphatic carbocycles. The first-order chi connectivity index (χ1) is 11.9. The van der Waals surface area contributed by atoms with E-state index in [0.29, 0.717) is 18.1 Å². The molecule has 0 spiro atoms. The number of aliphatic carboxylic acids is 1. The largest absolute Gasteiger partial charge is 0.490 e. The number of halogens is 1. The Morgan fingerprint density at radius 1 is 1.20 bits per heavy atom. The molecule has 0 fully saturated rings. The zero-order chi connectivity index (χ0) is 18.4. The normalized spacial score (nSPS) is 10.9. The summed E-state index contributed by atoms with van der Waals surface area (Å²) in [6, 6.07) is 9.72. The standard InChI is InChI=1S/C19H20INO4/c1-4-24-17-9-14(8-16(20)19(17)25-11-18(22)23)10-21-15-6-5-12(2)13(3)7-15/h5-10H,4,11H2,1-3H3,(H,22,23). The summed E-state index contributed by atoms with van der Waals surface area (Å²) in [4.78, 5) is 15.2. The number of hydrogen-bond acceptors (Lipinski definition) is 4. The molecule has 0 aliphatic heterocycles. The van der Waals surface area contributed by atoms with Gasteiger partial charge in [-0.25, -0.2) is 4.79 Å². The van der Waals surface area contributed by atoms with Crippen molar-refractivity contribution in [3.05, 3.63) is 50.6 Å². The predicted octanol–water partition coefficient (Wildman–Crippen LogP) is 4.52. The highest BCUT2D eigenvalue weighted by atomic mass is 127. The molecule has 6 heteroatoms. The van der Waals surface area contributed by atoms with Crippen LogP contribution in [-0.4, -0.2) is 30.5 Å². The van der Waals surface area contributed by atoms with Crippen LogP contribution < -0.4 is 9.47 Å². The van der Waals surface area contributed by atoms with E-state index in [-0.39, 0.29) is 0 Å². The molecule has 2 aromatic carbocycles. The first-order valence-corrected chi connectivity index (χ1v) is 8.90. The van der Waals surface area contributed by atoms with E-state index in [1.807, 2.05) is 31.2 Å². The van der Waals surface area contributed by atoms with Crippen molar-refractivity contribution in [1.82, 2.24) is 0 Å². The molecule has 0 amide bonds. The van der Waals surface area contributed by atoms with Crippen LogP contribution in [-0.2, 0) is 4.79 Å². The van der Waals surface area contributed by atoms with E-state index < -0.39 is 12.6 Å². The Hall–Kier alpha value is -2.09. The minimum atomic E-state index is -1.03. The van der Waals surface area contributed by atoms with Crippen molar-refractivity contribution in [2.24, 2.45) is 4.99 Å². The number of benzene rings is 2.